The number of benzene rings is 3. The molecule has 4 heteroatoms. The third-order valence-corrected chi connectivity index (χ3v) is 5.26. The van der Waals surface area contributed by atoms with Crippen molar-refractivity contribution in [1.29, 1.82) is 0 Å². The summed E-state index contributed by atoms with van der Waals surface area (Å²) in [4.78, 5) is 15.2. The molecule has 26 heavy (non-hydrogen) atoms. The van der Waals surface area contributed by atoms with E-state index in [4.69, 9.17) is 11.6 Å². The van der Waals surface area contributed by atoms with E-state index in [1.54, 1.807) is 0 Å². The Bertz CT molecular complexity index is 931. The van der Waals surface area contributed by atoms with Gasteiger partial charge in [0.05, 0.1) is 0 Å². The van der Waals surface area contributed by atoms with Gasteiger partial charge in [0, 0.05) is 28.2 Å². The van der Waals surface area contributed by atoms with Gasteiger partial charge in [0.15, 0.2) is 0 Å². The van der Waals surface area contributed by atoms with Gasteiger partial charge in [0.2, 0.25) is 0 Å². The maximum Gasteiger partial charge on any atom is 0.256 e. The molecule has 4 rings (SSSR count). The largest absolute Gasteiger partial charge is 0.322 e. The Morgan fingerprint density at radius 2 is 1.62 bits per heavy atom. The van der Waals surface area contributed by atoms with Crippen LogP contribution in [0.2, 0.25) is 5.02 Å². The van der Waals surface area contributed by atoms with Gasteiger partial charge in [-0.15, -0.1) is 0 Å². The van der Waals surface area contributed by atoms with Gasteiger partial charge in [-0.2, -0.15) is 0 Å². The Hall–Kier alpha value is -2.36. The van der Waals surface area contributed by atoms with Crippen molar-refractivity contribution >= 4 is 34.0 Å². The van der Waals surface area contributed by atoms with Crippen molar-refractivity contribution in [1.82, 2.24) is 4.90 Å². The molecule has 0 unspecified atom stereocenters. The van der Waals surface area contributed by atoms with Gasteiger partial charge in [-0.3, -0.25) is 9.69 Å². The molecule has 1 heterocycles. The summed E-state index contributed by atoms with van der Waals surface area (Å²) in [6.07, 6.45) is 2.59. The van der Waals surface area contributed by atoms with Crippen LogP contribution in [0.25, 0.3) is 10.8 Å². The molecule has 3 nitrogen and oxygen atoms in total. The number of fused-ring (bicyclic) bond motifs is 1. The summed E-state index contributed by atoms with van der Waals surface area (Å²) < 4.78 is 0. The van der Waals surface area contributed by atoms with Crippen LogP contribution >= 0.6 is 11.6 Å². The van der Waals surface area contributed by atoms with E-state index in [2.05, 4.69) is 22.3 Å². The van der Waals surface area contributed by atoms with Crippen molar-refractivity contribution in [3.63, 3.8) is 0 Å². The number of hydrogen-bond acceptors (Lipinski definition) is 2. The summed E-state index contributed by atoms with van der Waals surface area (Å²) in [6.45, 7) is 3.35. The molecular formula is C22H21ClN2O. The first-order chi connectivity index (χ1) is 12.7. The van der Waals surface area contributed by atoms with E-state index in [1.165, 1.54) is 31.5 Å². The SMILES string of the molecule is O=C(Nc1ccc(CN2CCCC2)cc1)c1cccc2c(Cl)cccc12. The molecule has 3 aromatic carbocycles. The van der Waals surface area contributed by atoms with Gasteiger partial charge in [0.1, 0.15) is 0 Å². The number of rotatable bonds is 4. The van der Waals surface area contributed by atoms with Gasteiger partial charge in [0.25, 0.3) is 5.91 Å². The number of amides is 1. The number of anilines is 1. The minimum Gasteiger partial charge on any atom is -0.322 e. The normalized spacial score (nSPS) is 14.7. The molecule has 1 aliphatic rings. The molecule has 1 N–H and O–H groups in total. The Morgan fingerprint density at radius 1 is 0.923 bits per heavy atom. The molecular weight excluding hydrogens is 344 g/mol. The van der Waals surface area contributed by atoms with E-state index in [0.717, 1.165) is 23.0 Å². The minimum atomic E-state index is -0.120. The average molecular weight is 365 g/mol. The fourth-order valence-corrected chi connectivity index (χ4v) is 3.80. The predicted molar refractivity (Wildman–Crippen MR) is 108 cm³/mol. The molecule has 0 aliphatic carbocycles. The number of carbonyl (C=O) groups excluding carboxylic acids is 1. The van der Waals surface area contributed by atoms with Crippen molar-refractivity contribution in [3.8, 4) is 0 Å². The van der Waals surface area contributed by atoms with Gasteiger partial charge in [-0.1, -0.05) is 48.0 Å². The van der Waals surface area contributed by atoms with E-state index in [0.29, 0.717) is 10.6 Å². The smallest absolute Gasteiger partial charge is 0.256 e. The second kappa shape index (κ2) is 7.48. The first-order valence-corrected chi connectivity index (χ1v) is 9.38. The third-order valence-electron chi connectivity index (χ3n) is 4.93. The van der Waals surface area contributed by atoms with Crippen molar-refractivity contribution < 1.29 is 4.79 Å². The topological polar surface area (TPSA) is 32.3 Å². The third kappa shape index (κ3) is 3.59. The number of carbonyl (C=O) groups is 1. The number of hydrogen-bond donors (Lipinski definition) is 1. The van der Waals surface area contributed by atoms with Crippen LogP contribution in [-0.2, 0) is 6.54 Å². The molecule has 0 radical (unpaired) electrons. The van der Waals surface area contributed by atoms with E-state index >= 15 is 0 Å². The zero-order valence-corrected chi connectivity index (χ0v) is 15.3. The highest BCUT2D eigenvalue weighted by Gasteiger charge is 2.13. The van der Waals surface area contributed by atoms with Gasteiger partial charge in [-0.05, 0) is 61.1 Å². The number of likely N-dealkylation sites (tertiary alicyclic amines) is 1. The molecule has 1 amide bonds. The first-order valence-electron chi connectivity index (χ1n) is 9.00. The van der Waals surface area contributed by atoms with Crippen LogP contribution in [0.3, 0.4) is 0 Å². The molecule has 1 fully saturated rings. The second-order valence-corrected chi connectivity index (χ2v) is 7.18. The average Bonchev–Trinajstić information content (AvgIpc) is 3.16. The molecule has 0 atom stereocenters. The Labute approximate surface area is 158 Å². The van der Waals surface area contributed by atoms with Crippen molar-refractivity contribution in [2.24, 2.45) is 0 Å². The second-order valence-electron chi connectivity index (χ2n) is 6.77. The molecule has 132 valence electrons. The molecule has 1 saturated heterocycles. The lowest BCUT2D eigenvalue weighted by Gasteiger charge is -2.15. The molecule has 0 aromatic heterocycles. The summed E-state index contributed by atoms with van der Waals surface area (Å²) >= 11 is 6.25. The van der Waals surface area contributed by atoms with E-state index in [-0.39, 0.29) is 5.91 Å². The van der Waals surface area contributed by atoms with Crippen molar-refractivity contribution in [2.45, 2.75) is 19.4 Å². The zero-order valence-electron chi connectivity index (χ0n) is 14.5. The maximum atomic E-state index is 12.7. The van der Waals surface area contributed by atoms with Gasteiger partial charge >= 0.3 is 0 Å². The standard InChI is InChI=1S/C22H21ClN2O/c23-21-8-4-5-18-19(21)6-3-7-20(18)22(26)24-17-11-9-16(10-12-17)15-25-13-1-2-14-25/h3-12H,1-2,13-15H2,(H,24,26). The minimum absolute atomic E-state index is 0.120. The highest BCUT2D eigenvalue weighted by atomic mass is 35.5. The molecule has 0 saturated carbocycles. The van der Waals surface area contributed by atoms with Crippen LogP contribution in [-0.4, -0.2) is 23.9 Å². The van der Waals surface area contributed by atoms with E-state index in [9.17, 15) is 4.79 Å². The summed E-state index contributed by atoms with van der Waals surface area (Å²) in [7, 11) is 0. The molecule has 0 bridgehead atoms. The van der Waals surface area contributed by atoms with Crippen molar-refractivity contribution in [3.05, 3.63) is 76.8 Å². The fourth-order valence-electron chi connectivity index (χ4n) is 3.56. The number of nitrogens with zero attached hydrogens (tertiary/aromatic N) is 1. The summed E-state index contributed by atoms with van der Waals surface area (Å²) in [5, 5.41) is 5.41. The lowest BCUT2D eigenvalue weighted by molar-refractivity contribution is 0.102. The fraction of sp³-hybridized carbons (Fsp3) is 0.227. The highest BCUT2D eigenvalue weighted by molar-refractivity contribution is 6.36. The van der Waals surface area contributed by atoms with Crippen LogP contribution in [0.5, 0.6) is 0 Å². The quantitative estimate of drug-likeness (QED) is 0.677. The Morgan fingerprint density at radius 3 is 2.38 bits per heavy atom. The lowest BCUT2D eigenvalue weighted by atomic mass is 10.0. The van der Waals surface area contributed by atoms with Crippen LogP contribution in [0.4, 0.5) is 5.69 Å². The van der Waals surface area contributed by atoms with Gasteiger partial charge in [-0.25, -0.2) is 0 Å². The molecule has 0 spiro atoms. The van der Waals surface area contributed by atoms with E-state index < -0.39 is 0 Å². The molecule has 3 aromatic rings. The first kappa shape index (κ1) is 17.1. The van der Waals surface area contributed by atoms with Crippen LogP contribution in [0.15, 0.2) is 60.7 Å². The highest BCUT2D eigenvalue weighted by Crippen LogP contribution is 2.26. The summed E-state index contributed by atoms with van der Waals surface area (Å²) in [5.41, 5.74) is 2.71. The predicted octanol–water partition coefficient (Wildman–Crippen LogP) is 5.34. The monoisotopic (exact) mass is 364 g/mol. The summed E-state index contributed by atoms with van der Waals surface area (Å²) in [5.74, 6) is -0.120. The lowest BCUT2D eigenvalue weighted by Crippen LogP contribution is -2.18. The Kier molecular flexibility index (Phi) is 4.91. The van der Waals surface area contributed by atoms with Crippen molar-refractivity contribution in [2.75, 3.05) is 18.4 Å². The van der Waals surface area contributed by atoms with Gasteiger partial charge < -0.3 is 5.32 Å². The Balaban J connectivity index is 1.50. The van der Waals surface area contributed by atoms with E-state index in [1.807, 2.05) is 48.5 Å². The van der Waals surface area contributed by atoms with Crippen LogP contribution < -0.4 is 5.32 Å². The van der Waals surface area contributed by atoms with Crippen LogP contribution in [0.1, 0.15) is 28.8 Å². The summed E-state index contributed by atoms with van der Waals surface area (Å²) in [6, 6.07) is 19.4. The van der Waals surface area contributed by atoms with Crippen LogP contribution in [0, 0.1) is 0 Å². The molecule has 1 aliphatic heterocycles. The zero-order chi connectivity index (χ0) is 17.9. The number of nitrogens with one attached hydrogen (secondary N) is 1. The number of halogens is 1. The maximum absolute atomic E-state index is 12.7.